The van der Waals surface area contributed by atoms with Crippen LogP contribution in [-0.2, 0) is 4.79 Å². The Bertz CT molecular complexity index is 468. The van der Waals surface area contributed by atoms with Gasteiger partial charge in [0.25, 0.3) is 0 Å². The van der Waals surface area contributed by atoms with Gasteiger partial charge in [0.15, 0.2) is 5.13 Å². The van der Waals surface area contributed by atoms with E-state index < -0.39 is 0 Å². The molecule has 1 N–H and O–H groups in total. The van der Waals surface area contributed by atoms with E-state index >= 15 is 0 Å². The molecule has 20 heavy (non-hydrogen) atoms. The summed E-state index contributed by atoms with van der Waals surface area (Å²) in [5.41, 5.74) is 1.14. The van der Waals surface area contributed by atoms with Gasteiger partial charge in [-0.1, -0.05) is 6.42 Å². The number of piperidine rings is 1. The Morgan fingerprint density at radius 2 is 1.95 bits per heavy atom. The number of carbonyl (C=O) groups is 1. The molecule has 2 fully saturated rings. The number of anilines is 1. The Labute approximate surface area is 124 Å². The van der Waals surface area contributed by atoms with Gasteiger partial charge in [-0.3, -0.25) is 4.79 Å². The number of amides is 1. The molecule has 0 bridgehead atoms. The number of aromatic nitrogens is 1. The molecular formula is C15H23N3OS. The summed E-state index contributed by atoms with van der Waals surface area (Å²) >= 11 is 1.78. The first kappa shape index (κ1) is 13.9. The highest BCUT2D eigenvalue weighted by Gasteiger charge is 2.28. The first-order valence-corrected chi connectivity index (χ1v) is 8.44. The van der Waals surface area contributed by atoms with Gasteiger partial charge in [0.1, 0.15) is 0 Å². The van der Waals surface area contributed by atoms with Gasteiger partial charge >= 0.3 is 0 Å². The first-order chi connectivity index (χ1) is 9.63. The number of thiazole rings is 1. The van der Waals surface area contributed by atoms with Crippen molar-refractivity contribution in [2.75, 3.05) is 18.0 Å². The Kier molecular flexibility index (Phi) is 3.96. The molecule has 1 saturated heterocycles. The lowest BCUT2D eigenvalue weighted by atomic mass is 9.84. The average molecular weight is 293 g/mol. The van der Waals surface area contributed by atoms with Crippen molar-refractivity contribution < 1.29 is 4.79 Å². The molecule has 4 nitrogen and oxygen atoms in total. The molecule has 1 aliphatic carbocycles. The summed E-state index contributed by atoms with van der Waals surface area (Å²) in [6.07, 6.45) is 5.47. The quantitative estimate of drug-likeness (QED) is 0.932. The van der Waals surface area contributed by atoms with Crippen LogP contribution in [0.2, 0.25) is 0 Å². The van der Waals surface area contributed by atoms with Crippen LogP contribution in [0.25, 0.3) is 0 Å². The summed E-state index contributed by atoms with van der Waals surface area (Å²) in [5.74, 6) is 0.591. The van der Waals surface area contributed by atoms with Crippen molar-refractivity contribution in [3.63, 3.8) is 0 Å². The van der Waals surface area contributed by atoms with Crippen molar-refractivity contribution in [3.8, 4) is 0 Å². The second kappa shape index (κ2) is 5.72. The maximum absolute atomic E-state index is 12.0. The van der Waals surface area contributed by atoms with Crippen molar-refractivity contribution in [3.05, 3.63) is 10.6 Å². The molecule has 0 atom stereocenters. The maximum atomic E-state index is 12.0. The topological polar surface area (TPSA) is 45.2 Å². The summed E-state index contributed by atoms with van der Waals surface area (Å²) in [6, 6.07) is 0.363. The van der Waals surface area contributed by atoms with Crippen LogP contribution in [0.1, 0.15) is 42.7 Å². The number of hydrogen-bond donors (Lipinski definition) is 1. The van der Waals surface area contributed by atoms with Gasteiger partial charge in [-0.15, -0.1) is 11.3 Å². The van der Waals surface area contributed by atoms with Crippen LogP contribution < -0.4 is 10.2 Å². The van der Waals surface area contributed by atoms with E-state index in [0.29, 0.717) is 12.0 Å². The normalized spacial score (nSPS) is 20.8. The second-order valence-electron chi connectivity index (χ2n) is 6.04. The van der Waals surface area contributed by atoms with Gasteiger partial charge in [-0.25, -0.2) is 4.98 Å². The van der Waals surface area contributed by atoms with Crippen LogP contribution in [0.5, 0.6) is 0 Å². The molecule has 110 valence electrons. The molecule has 5 heteroatoms. The van der Waals surface area contributed by atoms with E-state index in [9.17, 15) is 4.79 Å². The molecule has 2 aliphatic rings. The highest BCUT2D eigenvalue weighted by atomic mass is 32.1. The van der Waals surface area contributed by atoms with E-state index in [1.54, 1.807) is 11.3 Å². The number of nitrogens with one attached hydrogen (secondary N) is 1. The molecule has 2 heterocycles. The van der Waals surface area contributed by atoms with E-state index in [1.165, 1.54) is 11.3 Å². The van der Waals surface area contributed by atoms with Crippen molar-refractivity contribution in [1.29, 1.82) is 0 Å². The van der Waals surface area contributed by atoms with Crippen LogP contribution in [0.15, 0.2) is 0 Å². The zero-order valence-electron chi connectivity index (χ0n) is 12.3. The molecule has 0 aromatic carbocycles. The van der Waals surface area contributed by atoms with E-state index in [-0.39, 0.29) is 5.91 Å². The third-order valence-electron chi connectivity index (χ3n) is 4.61. The van der Waals surface area contributed by atoms with Crippen LogP contribution >= 0.6 is 11.3 Å². The van der Waals surface area contributed by atoms with Gasteiger partial charge in [0.2, 0.25) is 5.91 Å². The van der Waals surface area contributed by atoms with E-state index in [0.717, 1.165) is 49.6 Å². The predicted molar refractivity (Wildman–Crippen MR) is 82.3 cm³/mol. The van der Waals surface area contributed by atoms with Crippen molar-refractivity contribution in [2.24, 2.45) is 5.92 Å². The molecule has 0 spiro atoms. The summed E-state index contributed by atoms with van der Waals surface area (Å²) in [6.45, 7) is 6.20. The first-order valence-electron chi connectivity index (χ1n) is 7.63. The maximum Gasteiger partial charge on any atom is 0.223 e. The molecular weight excluding hydrogens is 270 g/mol. The monoisotopic (exact) mass is 293 g/mol. The third kappa shape index (κ3) is 2.82. The number of nitrogens with zero attached hydrogens (tertiary/aromatic N) is 2. The van der Waals surface area contributed by atoms with Gasteiger partial charge < -0.3 is 10.2 Å². The SMILES string of the molecule is Cc1nc(N2CCC(NC(=O)C3CCC3)CC2)sc1C. The highest BCUT2D eigenvalue weighted by molar-refractivity contribution is 7.15. The average Bonchev–Trinajstić information content (AvgIpc) is 2.68. The lowest BCUT2D eigenvalue weighted by Gasteiger charge is -2.34. The lowest BCUT2D eigenvalue weighted by molar-refractivity contribution is -0.128. The molecule has 0 radical (unpaired) electrons. The fourth-order valence-electron chi connectivity index (χ4n) is 2.80. The van der Waals surface area contributed by atoms with E-state index in [1.807, 2.05) is 0 Å². The minimum atomic E-state index is 0.288. The number of hydrogen-bond acceptors (Lipinski definition) is 4. The second-order valence-corrected chi connectivity index (χ2v) is 7.22. The third-order valence-corrected chi connectivity index (χ3v) is 5.74. The number of carbonyl (C=O) groups excluding carboxylic acids is 1. The summed E-state index contributed by atoms with van der Waals surface area (Å²) in [5, 5.41) is 4.37. The number of rotatable bonds is 3. The highest BCUT2D eigenvalue weighted by Crippen LogP contribution is 2.29. The fourth-order valence-corrected chi connectivity index (χ4v) is 3.76. The smallest absolute Gasteiger partial charge is 0.223 e. The Morgan fingerprint density at radius 3 is 2.45 bits per heavy atom. The Morgan fingerprint density at radius 1 is 1.25 bits per heavy atom. The van der Waals surface area contributed by atoms with Crippen LogP contribution in [0, 0.1) is 19.8 Å². The van der Waals surface area contributed by atoms with Crippen LogP contribution in [0.3, 0.4) is 0 Å². The van der Waals surface area contributed by atoms with Gasteiger partial charge in [0.05, 0.1) is 5.69 Å². The summed E-state index contributed by atoms with van der Waals surface area (Å²) in [4.78, 5) is 20.2. The molecule has 1 aromatic rings. The van der Waals surface area contributed by atoms with Crippen molar-refractivity contribution >= 4 is 22.4 Å². The van der Waals surface area contributed by atoms with Crippen LogP contribution in [0.4, 0.5) is 5.13 Å². The molecule has 1 aliphatic heterocycles. The molecule has 1 amide bonds. The van der Waals surface area contributed by atoms with Crippen molar-refractivity contribution in [2.45, 2.75) is 52.0 Å². The standard InChI is InChI=1S/C15H23N3OS/c1-10-11(2)20-15(16-10)18-8-6-13(7-9-18)17-14(19)12-4-3-5-12/h12-13H,3-9H2,1-2H3,(H,17,19). The molecule has 1 aromatic heterocycles. The van der Waals surface area contributed by atoms with Gasteiger partial charge in [-0.2, -0.15) is 0 Å². The molecule has 0 unspecified atom stereocenters. The predicted octanol–water partition coefficient (Wildman–Crippen LogP) is 2.65. The zero-order valence-corrected chi connectivity index (χ0v) is 13.1. The van der Waals surface area contributed by atoms with Crippen LogP contribution in [-0.4, -0.2) is 30.0 Å². The molecule has 3 rings (SSSR count). The number of aryl methyl sites for hydroxylation is 2. The van der Waals surface area contributed by atoms with Gasteiger partial charge in [0, 0.05) is 29.9 Å². The van der Waals surface area contributed by atoms with E-state index in [2.05, 4.69) is 29.0 Å². The largest absolute Gasteiger partial charge is 0.353 e. The minimum absolute atomic E-state index is 0.288. The molecule has 1 saturated carbocycles. The Balaban J connectivity index is 1.50. The summed E-state index contributed by atoms with van der Waals surface area (Å²) in [7, 11) is 0. The van der Waals surface area contributed by atoms with Gasteiger partial charge in [-0.05, 0) is 39.5 Å². The minimum Gasteiger partial charge on any atom is -0.353 e. The zero-order chi connectivity index (χ0) is 14.1. The fraction of sp³-hybridized carbons (Fsp3) is 0.733. The van der Waals surface area contributed by atoms with E-state index in [4.69, 9.17) is 0 Å². The van der Waals surface area contributed by atoms with Crippen molar-refractivity contribution in [1.82, 2.24) is 10.3 Å². The lowest BCUT2D eigenvalue weighted by Crippen LogP contribution is -2.47. The summed E-state index contributed by atoms with van der Waals surface area (Å²) < 4.78 is 0. The Hall–Kier alpha value is -1.10.